The highest BCUT2D eigenvalue weighted by Crippen LogP contribution is 2.19. The first kappa shape index (κ1) is 18.3. The summed E-state index contributed by atoms with van der Waals surface area (Å²) >= 11 is 0. The van der Waals surface area contributed by atoms with Crippen LogP contribution in [0.4, 0.5) is 10.1 Å². The predicted molar refractivity (Wildman–Crippen MR) is 98.5 cm³/mol. The molecular formula is C20H18FN3O3. The van der Waals surface area contributed by atoms with E-state index in [1.54, 1.807) is 55.1 Å². The number of nitrogens with zero attached hydrogens (tertiary/aromatic N) is 2. The lowest BCUT2D eigenvalue weighted by atomic mass is 10.1. The molecule has 0 radical (unpaired) electrons. The molecule has 0 aliphatic rings. The Morgan fingerprint density at radius 2 is 1.89 bits per heavy atom. The number of benzene rings is 2. The molecule has 2 aromatic carbocycles. The lowest BCUT2D eigenvalue weighted by molar-refractivity contribution is 0.0378. The first-order valence-corrected chi connectivity index (χ1v) is 8.34. The largest absolute Gasteiger partial charge is 0.459 e. The molecule has 3 rings (SSSR count). The first-order valence-electron chi connectivity index (χ1n) is 8.34. The molecule has 0 unspecified atom stereocenters. The van der Waals surface area contributed by atoms with Crippen LogP contribution in [0.5, 0.6) is 0 Å². The van der Waals surface area contributed by atoms with Crippen molar-refractivity contribution in [2.75, 3.05) is 5.32 Å². The first-order chi connectivity index (χ1) is 12.9. The van der Waals surface area contributed by atoms with Gasteiger partial charge in [-0.2, -0.15) is 0 Å². The molecule has 27 heavy (non-hydrogen) atoms. The van der Waals surface area contributed by atoms with E-state index in [9.17, 15) is 14.0 Å². The molecular weight excluding hydrogens is 349 g/mol. The highest BCUT2D eigenvalue weighted by atomic mass is 19.1. The lowest BCUT2D eigenvalue weighted by Crippen LogP contribution is -2.15. The lowest BCUT2D eigenvalue weighted by Gasteiger charge is -2.12. The van der Waals surface area contributed by atoms with Crippen LogP contribution in [0.1, 0.15) is 34.6 Å². The van der Waals surface area contributed by atoms with Gasteiger partial charge < -0.3 is 14.6 Å². The molecule has 0 atom stereocenters. The zero-order valence-corrected chi connectivity index (χ0v) is 14.8. The monoisotopic (exact) mass is 367 g/mol. The van der Waals surface area contributed by atoms with Crippen LogP contribution in [0, 0.1) is 5.82 Å². The molecule has 0 aliphatic carbocycles. The van der Waals surface area contributed by atoms with Gasteiger partial charge in [0, 0.05) is 18.1 Å². The standard InChI is InChI=1S/C20H18FN3O3/c1-13(2)27-20(26)14-3-6-16(7-4-14)23-19(25)17-11-15(21)5-8-18(17)24-10-9-22-12-24/h3-13H,1-2H3,(H,23,25). The number of imidazole rings is 1. The molecule has 0 spiro atoms. The number of amides is 1. The van der Waals surface area contributed by atoms with E-state index >= 15 is 0 Å². The van der Waals surface area contributed by atoms with Crippen LogP contribution >= 0.6 is 0 Å². The van der Waals surface area contributed by atoms with E-state index in [2.05, 4.69) is 10.3 Å². The van der Waals surface area contributed by atoms with Crippen LogP contribution in [0.3, 0.4) is 0 Å². The Kier molecular flexibility index (Phi) is 5.30. The molecule has 0 aliphatic heterocycles. The van der Waals surface area contributed by atoms with Gasteiger partial charge in [0.25, 0.3) is 5.91 Å². The minimum Gasteiger partial charge on any atom is -0.459 e. The molecule has 1 aromatic heterocycles. The van der Waals surface area contributed by atoms with Gasteiger partial charge in [-0.05, 0) is 56.3 Å². The van der Waals surface area contributed by atoms with E-state index in [1.807, 2.05) is 0 Å². The number of carbonyl (C=O) groups excluding carboxylic acids is 2. The molecule has 0 bridgehead atoms. The maximum absolute atomic E-state index is 13.7. The zero-order chi connectivity index (χ0) is 19.4. The molecule has 1 heterocycles. The number of aromatic nitrogens is 2. The number of halogens is 1. The zero-order valence-electron chi connectivity index (χ0n) is 14.8. The van der Waals surface area contributed by atoms with Crippen LogP contribution in [0.25, 0.3) is 5.69 Å². The van der Waals surface area contributed by atoms with Crippen LogP contribution in [0.2, 0.25) is 0 Å². The smallest absolute Gasteiger partial charge is 0.338 e. The topological polar surface area (TPSA) is 73.2 Å². The molecule has 3 aromatic rings. The molecule has 7 heteroatoms. The fourth-order valence-electron chi connectivity index (χ4n) is 2.49. The Bertz CT molecular complexity index is 951. The number of hydrogen-bond acceptors (Lipinski definition) is 4. The number of ether oxygens (including phenoxy) is 1. The summed E-state index contributed by atoms with van der Waals surface area (Å²) < 4.78 is 20.4. The average Bonchev–Trinajstić information content (AvgIpc) is 3.16. The van der Waals surface area contributed by atoms with Crippen molar-refractivity contribution in [3.63, 3.8) is 0 Å². The van der Waals surface area contributed by atoms with E-state index in [4.69, 9.17) is 4.74 Å². The third-order valence-electron chi connectivity index (χ3n) is 3.71. The van der Waals surface area contributed by atoms with Crippen molar-refractivity contribution in [2.45, 2.75) is 20.0 Å². The van der Waals surface area contributed by atoms with Gasteiger partial charge in [0.1, 0.15) is 5.82 Å². The van der Waals surface area contributed by atoms with Crippen molar-refractivity contribution in [1.29, 1.82) is 0 Å². The summed E-state index contributed by atoms with van der Waals surface area (Å²) in [5, 5.41) is 2.70. The third-order valence-corrected chi connectivity index (χ3v) is 3.71. The van der Waals surface area contributed by atoms with Crippen molar-refractivity contribution in [2.24, 2.45) is 0 Å². The fraction of sp³-hybridized carbons (Fsp3) is 0.150. The van der Waals surface area contributed by atoms with E-state index in [-0.39, 0.29) is 11.7 Å². The second-order valence-corrected chi connectivity index (χ2v) is 6.12. The van der Waals surface area contributed by atoms with E-state index in [1.165, 1.54) is 24.5 Å². The highest BCUT2D eigenvalue weighted by molar-refractivity contribution is 6.07. The minimum absolute atomic E-state index is 0.163. The second-order valence-electron chi connectivity index (χ2n) is 6.12. The summed E-state index contributed by atoms with van der Waals surface area (Å²) in [6.07, 6.45) is 4.55. The maximum atomic E-state index is 13.7. The summed E-state index contributed by atoms with van der Waals surface area (Å²) in [7, 11) is 0. The summed E-state index contributed by atoms with van der Waals surface area (Å²) in [4.78, 5) is 28.5. The molecule has 0 saturated carbocycles. The predicted octanol–water partition coefficient (Wildman–Crippen LogP) is 3.83. The van der Waals surface area contributed by atoms with Crippen LogP contribution in [0.15, 0.2) is 61.2 Å². The van der Waals surface area contributed by atoms with Gasteiger partial charge in [0.2, 0.25) is 0 Å². The van der Waals surface area contributed by atoms with E-state index in [0.717, 1.165) is 0 Å². The van der Waals surface area contributed by atoms with Gasteiger partial charge in [-0.25, -0.2) is 14.2 Å². The van der Waals surface area contributed by atoms with Gasteiger partial charge in [-0.15, -0.1) is 0 Å². The normalized spacial score (nSPS) is 10.7. The number of nitrogens with one attached hydrogen (secondary N) is 1. The summed E-state index contributed by atoms with van der Waals surface area (Å²) in [5.74, 6) is -1.43. The number of carbonyl (C=O) groups is 2. The van der Waals surface area contributed by atoms with Gasteiger partial charge in [-0.3, -0.25) is 4.79 Å². The molecule has 6 nitrogen and oxygen atoms in total. The van der Waals surface area contributed by atoms with Gasteiger partial charge in [0.15, 0.2) is 0 Å². The van der Waals surface area contributed by atoms with Crippen molar-refractivity contribution in [3.05, 3.63) is 78.1 Å². The van der Waals surface area contributed by atoms with Crippen LogP contribution < -0.4 is 5.32 Å². The number of hydrogen-bond donors (Lipinski definition) is 1. The second kappa shape index (κ2) is 7.82. The molecule has 0 saturated heterocycles. The molecule has 1 N–H and O–H groups in total. The van der Waals surface area contributed by atoms with Crippen molar-refractivity contribution in [1.82, 2.24) is 9.55 Å². The summed E-state index contributed by atoms with van der Waals surface area (Å²) in [6.45, 7) is 3.53. The average molecular weight is 367 g/mol. The maximum Gasteiger partial charge on any atom is 0.338 e. The quantitative estimate of drug-likeness (QED) is 0.696. The Labute approximate surface area is 155 Å². The van der Waals surface area contributed by atoms with Gasteiger partial charge >= 0.3 is 5.97 Å². The minimum atomic E-state index is -0.518. The van der Waals surface area contributed by atoms with E-state index < -0.39 is 17.7 Å². The van der Waals surface area contributed by atoms with E-state index in [0.29, 0.717) is 16.9 Å². The Hall–Kier alpha value is -3.48. The Morgan fingerprint density at radius 3 is 2.52 bits per heavy atom. The Balaban J connectivity index is 1.80. The van der Waals surface area contributed by atoms with Crippen molar-refractivity contribution in [3.8, 4) is 5.69 Å². The van der Waals surface area contributed by atoms with Gasteiger partial charge in [0.05, 0.1) is 29.2 Å². The van der Waals surface area contributed by atoms with Crippen LogP contribution in [-0.2, 0) is 4.74 Å². The summed E-state index contributed by atoms with van der Waals surface area (Å²) in [5.41, 5.74) is 1.52. The summed E-state index contributed by atoms with van der Waals surface area (Å²) in [6, 6.07) is 10.2. The Morgan fingerprint density at radius 1 is 1.15 bits per heavy atom. The third kappa shape index (κ3) is 4.38. The van der Waals surface area contributed by atoms with Crippen molar-refractivity contribution < 1.29 is 18.7 Å². The fourth-order valence-corrected chi connectivity index (χ4v) is 2.49. The van der Waals surface area contributed by atoms with Crippen LogP contribution in [-0.4, -0.2) is 27.5 Å². The molecule has 1 amide bonds. The number of anilines is 1. The van der Waals surface area contributed by atoms with Gasteiger partial charge in [-0.1, -0.05) is 0 Å². The molecule has 138 valence electrons. The SMILES string of the molecule is CC(C)OC(=O)c1ccc(NC(=O)c2cc(F)ccc2-n2ccnc2)cc1. The number of esters is 1. The molecule has 0 fully saturated rings. The van der Waals surface area contributed by atoms with Crippen molar-refractivity contribution >= 4 is 17.6 Å². The highest BCUT2D eigenvalue weighted by Gasteiger charge is 2.15. The number of rotatable bonds is 5.